The van der Waals surface area contributed by atoms with Crippen LogP contribution in [-0.2, 0) is 21.3 Å². The van der Waals surface area contributed by atoms with E-state index in [2.05, 4.69) is 4.72 Å². The highest BCUT2D eigenvalue weighted by atomic mass is 32.2. The highest BCUT2D eigenvalue weighted by Crippen LogP contribution is 2.18. The predicted octanol–water partition coefficient (Wildman–Crippen LogP) is 1.40. The second kappa shape index (κ2) is 7.17. The summed E-state index contributed by atoms with van der Waals surface area (Å²) in [5.41, 5.74) is 7.07. The lowest BCUT2D eigenvalue weighted by Gasteiger charge is -2.22. The molecule has 6 heteroatoms. The van der Waals surface area contributed by atoms with Crippen LogP contribution in [0.25, 0.3) is 0 Å². The van der Waals surface area contributed by atoms with Crippen molar-refractivity contribution in [2.45, 2.75) is 38.3 Å². The van der Waals surface area contributed by atoms with Gasteiger partial charge in [0.15, 0.2) is 0 Å². The monoisotopic (exact) mass is 300 g/mol. The van der Waals surface area contributed by atoms with Gasteiger partial charge in [0.05, 0.1) is 11.5 Å². The van der Waals surface area contributed by atoms with E-state index in [1.165, 1.54) is 0 Å². The molecule has 1 rings (SSSR count). The molecule has 0 spiro atoms. The molecule has 0 saturated heterocycles. The van der Waals surface area contributed by atoms with E-state index in [4.69, 9.17) is 10.5 Å². The molecule has 0 fully saturated rings. The minimum Gasteiger partial charge on any atom is -0.383 e. The molecule has 1 aromatic rings. The first kappa shape index (κ1) is 17.1. The summed E-state index contributed by atoms with van der Waals surface area (Å²) in [6, 6.07) is 4.98. The van der Waals surface area contributed by atoms with Crippen LogP contribution in [0.15, 0.2) is 23.1 Å². The Labute approximate surface area is 121 Å². The van der Waals surface area contributed by atoms with Crippen LogP contribution in [0.4, 0.5) is 0 Å². The highest BCUT2D eigenvalue weighted by Gasteiger charge is 2.24. The van der Waals surface area contributed by atoms with Crippen LogP contribution < -0.4 is 10.5 Å². The Morgan fingerprint density at radius 2 is 2.00 bits per heavy atom. The summed E-state index contributed by atoms with van der Waals surface area (Å²) < 4.78 is 32.8. The number of hydrogen-bond acceptors (Lipinski definition) is 4. The summed E-state index contributed by atoms with van der Waals surface area (Å²) in [6.07, 6.45) is 0. The SMILES string of the molecule is COCC(NS(=O)(=O)c1cc(CN)ccc1C)C(C)C. The average Bonchev–Trinajstić information content (AvgIpc) is 2.38. The molecular formula is C14H24N2O3S. The summed E-state index contributed by atoms with van der Waals surface area (Å²) in [4.78, 5) is 0.280. The molecule has 20 heavy (non-hydrogen) atoms. The zero-order chi connectivity index (χ0) is 15.3. The van der Waals surface area contributed by atoms with Gasteiger partial charge in [-0.05, 0) is 30.0 Å². The maximum Gasteiger partial charge on any atom is 0.241 e. The van der Waals surface area contributed by atoms with E-state index < -0.39 is 10.0 Å². The van der Waals surface area contributed by atoms with E-state index in [0.717, 1.165) is 5.56 Å². The van der Waals surface area contributed by atoms with Gasteiger partial charge in [-0.2, -0.15) is 0 Å². The van der Waals surface area contributed by atoms with Gasteiger partial charge in [-0.25, -0.2) is 13.1 Å². The molecule has 0 heterocycles. The number of methoxy groups -OCH3 is 1. The maximum absolute atomic E-state index is 12.5. The number of benzene rings is 1. The van der Waals surface area contributed by atoms with Gasteiger partial charge in [-0.15, -0.1) is 0 Å². The fraction of sp³-hybridized carbons (Fsp3) is 0.571. The van der Waals surface area contributed by atoms with E-state index in [1.807, 2.05) is 19.9 Å². The Morgan fingerprint density at radius 3 is 2.50 bits per heavy atom. The fourth-order valence-electron chi connectivity index (χ4n) is 1.87. The summed E-state index contributed by atoms with van der Waals surface area (Å²) in [5, 5.41) is 0. The third-order valence-corrected chi connectivity index (χ3v) is 4.87. The lowest BCUT2D eigenvalue weighted by atomic mass is 10.1. The van der Waals surface area contributed by atoms with Gasteiger partial charge in [0, 0.05) is 19.7 Å². The zero-order valence-electron chi connectivity index (χ0n) is 12.5. The number of hydrogen-bond donors (Lipinski definition) is 2. The molecule has 0 saturated carbocycles. The number of ether oxygens (including phenoxy) is 1. The predicted molar refractivity (Wildman–Crippen MR) is 79.9 cm³/mol. The van der Waals surface area contributed by atoms with E-state index in [-0.39, 0.29) is 16.9 Å². The highest BCUT2D eigenvalue weighted by molar-refractivity contribution is 7.89. The molecule has 0 radical (unpaired) electrons. The first-order valence-electron chi connectivity index (χ1n) is 6.62. The van der Waals surface area contributed by atoms with Crippen LogP contribution >= 0.6 is 0 Å². The summed E-state index contributed by atoms with van der Waals surface area (Å²) in [6.45, 7) is 6.33. The molecular weight excluding hydrogens is 276 g/mol. The topological polar surface area (TPSA) is 81.4 Å². The van der Waals surface area contributed by atoms with Crippen molar-refractivity contribution in [3.8, 4) is 0 Å². The number of nitrogens with one attached hydrogen (secondary N) is 1. The smallest absolute Gasteiger partial charge is 0.241 e. The van der Waals surface area contributed by atoms with E-state index in [1.54, 1.807) is 26.2 Å². The number of sulfonamides is 1. The molecule has 0 aliphatic carbocycles. The molecule has 1 unspecified atom stereocenters. The van der Waals surface area contributed by atoms with Crippen LogP contribution in [0, 0.1) is 12.8 Å². The second-order valence-corrected chi connectivity index (χ2v) is 6.91. The lowest BCUT2D eigenvalue weighted by Crippen LogP contribution is -2.41. The van der Waals surface area contributed by atoms with Crippen molar-refractivity contribution < 1.29 is 13.2 Å². The van der Waals surface area contributed by atoms with Crippen LogP contribution in [0.2, 0.25) is 0 Å². The average molecular weight is 300 g/mol. The van der Waals surface area contributed by atoms with Crippen molar-refractivity contribution in [3.05, 3.63) is 29.3 Å². The van der Waals surface area contributed by atoms with Gasteiger partial charge >= 0.3 is 0 Å². The van der Waals surface area contributed by atoms with Crippen LogP contribution in [0.3, 0.4) is 0 Å². The third kappa shape index (κ3) is 4.28. The summed E-state index contributed by atoms with van der Waals surface area (Å²) in [7, 11) is -2.02. The minimum absolute atomic E-state index is 0.141. The van der Waals surface area contributed by atoms with E-state index in [9.17, 15) is 8.42 Å². The van der Waals surface area contributed by atoms with Gasteiger partial charge in [0.1, 0.15) is 0 Å². The van der Waals surface area contributed by atoms with Crippen LogP contribution in [0.1, 0.15) is 25.0 Å². The number of rotatable bonds is 7. The molecule has 3 N–H and O–H groups in total. The van der Waals surface area contributed by atoms with Crippen molar-refractivity contribution in [2.24, 2.45) is 11.7 Å². The minimum atomic E-state index is -3.58. The summed E-state index contributed by atoms with van der Waals surface area (Å²) in [5.74, 6) is 0.141. The molecule has 114 valence electrons. The van der Waals surface area contributed by atoms with Crippen LogP contribution in [0.5, 0.6) is 0 Å². The van der Waals surface area contributed by atoms with Gasteiger partial charge in [0.25, 0.3) is 0 Å². The molecule has 0 amide bonds. The van der Waals surface area contributed by atoms with Gasteiger partial charge in [-0.3, -0.25) is 0 Å². The molecule has 0 aromatic heterocycles. The van der Waals surface area contributed by atoms with E-state index >= 15 is 0 Å². The normalized spacial score (nSPS) is 13.7. The molecule has 5 nitrogen and oxygen atoms in total. The third-order valence-electron chi connectivity index (χ3n) is 3.24. The Balaban J connectivity index is 3.09. The molecule has 0 aliphatic heterocycles. The van der Waals surface area contributed by atoms with Crippen molar-refractivity contribution in [3.63, 3.8) is 0 Å². The van der Waals surface area contributed by atoms with Gasteiger partial charge in [-0.1, -0.05) is 26.0 Å². The van der Waals surface area contributed by atoms with Crippen molar-refractivity contribution in [2.75, 3.05) is 13.7 Å². The molecule has 0 bridgehead atoms. The second-order valence-electron chi connectivity index (χ2n) is 5.23. The van der Waals surface area contributed by atoms with Crippen molar-refractivity contribution >= 4 is 10.0 Å². The molecule has 0 aliphatic rings. The Morgan fingerprint density at radius 1 is 1.35 bits per heavy atom. The number of aryl methyl sites for hydroxylation is 1. The van der Waals surface area contributed by atoms with E-state index in [0.29, 0.717) is 18.7 Å². The van der Waals surface area contributed by atoms with Crippen molar-refractivity contribution in [1.29, 1.82) is 0 Å². The lowest BCUT2D eigenvalue weighted by molar-refractivity contribution is 0.157. The largest absolute Gasteiger partial charge is 0.383 e. The Kier molecular flexibility index (Phi) is 6.13. The molecule has 1 aromatic carbocycles. The Bertz CT molecular complexity index is 541. The first-order chi connectivity index (χ1) is 9.31. The van der Waals surface area contributed by atoms with Crippen molar-refractivity contribution in [1.82, 2.24) is 4.72 Å². The zero-order valence-corrected chi connectivity index (χ0v) is 13.3. The van der Waals surface area contributed by atoms with Crippen LogP contribution in [-0.4, -0.2) is 28.2 Å². The quantitative estimate of drug-likeness (QED) is 0.797. The van der Waals surface area contributed by atoms with Gasteiger partial charge < -0.3 is 10.5 Å². The van der Waals surface area contributed by atoms with Gasteiger partial charge in [0.2, 0.25) is 10.0 Å². The fourth-order valence-corrected chi connectivity index (χ4v) is 3.53. The standard InChI is InChI=1S/C14H24N2O3S/c1-10(2)13(9-19-4)16-20(17,18)14-7-12(8-15)6-5-11(14)3/h5-7,10,13,16H,8-9,15H2,1-4H3. The maximum atomic E-state index is 12.5. The molecule has 1 atom stereocenters. The Hall–Kier alpha value is -0.950. The summed E-state index contributed by atoms with van der Waals surface area (Å²) >= 11 is 0. The first-order valence-corrected chi connectivity index (χ1v) is 8.11. The number of nitrogens with two attached hydrogens (primary N) is 1.